The molecule has 0 aliphatic carbocycles. The molecule has 1 N–H and O–H groups in total. The molecular weight excluding hydrogens is 403 g/mol. The van der Waals surface area contributed by atoms with Crippen LogP contribution in [0.1, 0.15) is 27.3 Å². The Kier molecular flexibility index (Phi) is 5.67. The number of carbonyl (C=O) groups excluding carboxylic acids is 1. The first-order valence-corrected chi connectivity index (χ1v) is 9.05. The summed E-state index contributed by atoms with van der Waals surface area (Å²) in [5.41, 5.74) is 3.00. The van der Waals surface area contributed by atoms with Gasteiger partial charge < -0.3 is 5.32 Å². The van der Waals surface area contributed by atoms with Gasteiger partial charge in [-0.25, -0.2) is 0 Å². The summed E-state index contributed by atoms with van der Waals surface area (Å²) in [6.45, 7) is 4.17. The van der Waals surface area contributed by atoms with Crippen LogP contribution < -0.4 is 5.32 Å². The quantitative estimate of drug-likeness (QED) is 0.465. The molecule has 7 nitrogen and oxygen atoms in total. The number of hydrogen-bond acceptors (Lipinski definition) is 4. The molecule has 0 spiro atoms. The van der Waals surface area contributed by atoms with E-state index in [2.05, 4.69) is 10.4 Å². The van der Waals surface area contributed by atoms with Gasteiger partial charge in [-0.15, -0.1) is 0 Å². The Bertz CT molecular complexity index is 1060. The van der Waals surface area contributed by atoms with Crippen molar-refractivity contribution in [3.8, 4) is 0 Å². The molecule has 3 rings (SSSR count). The minimum absolute atomic E-state index is 0.00978. The van der Waals surface area contributed by atoms with E-state index in [-0.39, 0.29) is 16.3 Å². The third-order valence-corrected chi connectivity index (χ3v) is 4.84. The highest BCUT2D eigenvalue weighted by Gasteiger charge is 2.19. The van der Waals surface area contributed by atoms with E-state index in [1.165, 1.54) is 12.1 Å². The number of benzene rings is 2. The van der Waals surface area contributed by atoms with Crippen molar-refractivity contribution in [3.63, 3.8) is 0 Å². The molecule has 0 aliphatic heterocycles. The highest BCUT2D eigenvalue weighted by Crippen LogP contribution is 2.26. The number of anilines is 1. The summed E-state index contributed by atoms with van der Waals surface area (Å²) >= 11 is 12.0. The third kappa shape index (κ3) is 4.16. The van der Waals surface area contributed by atoms with E-state index in [9.17, 15) is 14.9 Å². The van der Waals surface area contributed by atoms with Crippen LogP contribution in [0.15, 0.2) is 42.5 Å². The van der Waals surface area contributed by atoms with Gasteiger partial charge in [0.1, 0.15) is 0 Å². The van der Waals surface area contributed by atoms with Gasteiger partial charge in [0.25, 0.3) is 11.6 Å². The second kappa shape index (κ2) is 8.00. The predicted octanol–water partition coefficient (Wildman–Crippen LogP) is 5.02. The Balaban J connectivity index is 1.82. The van der Waals surface area contributed by atoms with Gasteiger partial charge in [-0.05, 0) is 37.6 Å². The number of nitro groups is 1. The second-order valence-electron chi connectivity index (χ2n) is 6.21. The molecule has 3 aromatic rings. The normalized spacial score (nSPS) is 10.7. The minimum atomic E-state index is -0.567. The van der Waals surface area contributed by atoms with Gasteiger partial charge in [0.2, 0.25) is 0 Å². The topological polar surface area (TPSA) is 90.1 Å². The van der Waals surface area contributed by atoms with E-state index in [0.29, 0.717) is 22.9 Å². The average molecular weight is 419 g/mol. The lowest BCUT2D eigenvalue weighted by Crippen LogP contribution is -2.14. The number of halogens is 2. The summed E-state index contributed by atoms with van der Waals surface area (Å²) in [5, 5.41) is 18.8. The van der Waals surface area contributed by atoms with Gasteiger partial charge >= 0.3 is 0 Å². The molecule has 0 saturated heterocycles. The molecule has 0 aliphatic rings. The van der Waals surface area contributed by atoms with Gasteiger partial charge in [-0.1, -0.05) is 35.3 Å². The molecule has 144 valence electrons. The number of aryl methyl sites for hydroxylation is 1. The maximum atomic E-state index is 12.6. The van der Waals surface area contributed by atoms with Crippen molar-refractivity contribution in [2.24, 2.45) is 0 Å². The number of nitrogens with zero attached hydrogens (tertiary/aromatic N) is 3. The first-order chi connectivity index (χ1) is 13.3. The SMILES string of the molecule is Cc1nn(Cc2ccc(Cl)cc2)c(C)c1NC(=O)c1ccc([N+](=O)[O-])cc1Cl. The van der Waals surface area contributed by atoms with Gasteiger partial charge in [0.15, 0.2) is 0 Å². The third-order valence-electron chi connectivity index (χ3n) is 4.27. The maximum Gasteiger partial charge on any atom is 0.270 e. The van der Waals surface area contributed by atoms with Crippen LogP contribution >= 0.6 is 23.2 Å². The number of hydrogen-bond donors (Lipinski definition) is 1. The lowest BCUT2D eigenvalue weighted by molar-refractivity contribution is -0.384. The van der Waals surface area contributed by atoms with E-state index < -0.39 is 10.8 Å². The van der Waals surface area contributed by atoms with Crippen molar-refractivity contribution >= 4 is 40.5 Å². The first-order valence-electron chi connectivity index (χ1n) is 8.30. The average Bonchev–Trinajstić information content (AvgIpc) is 2.90. The summed E-state index contributed by atoms with van der Waals surface area (Å²) in [4.78, 5) is 22.9. The number of non-ortho nitro benzene ring substituents is 1. The molecule has 0 fully saturated rings. The van der Waals surface area contributed by atoms with Gasteiger partial charge in [0, 0.05) is 17.2 Å². The minimum Gasteiger partial charge on any atom is -0.319 e. The smallest absolute Gasteiger partial charge is 0.270 e. The van der Waals surface area contributed by atoms with E-state index in [1.54, 1.807) is 11.6 Å². The number of carbonyl (C=O) groups is 1. The standard InChI is InChI=1S/C19H16Cl2N4O3/c1-11-18(12(2)24(23-11)10-13-3-5-14(20)6-4-13)22-19(26)16-8-7-15(25(27)28)9-17(16)21/h3-9H,10H2,1-2H3,(H,22,26). The van der Waals surface area contributed by atoms with Crippen molar-refractivity contribution in [2.45, 2.75) is 20.4 Å². The van der Waals surface area contributed by atoms with Gasteiger partial charge in [-0.2, -0.15) is 5.10 Å². The predicted molar refractivity (Wildman–Crippen MR) is 108 cm³/mol. The highest BCUT2D eigenvalue weighted by atomic mass is 35.5. The summed E-state index contributed by atoms with van der Waals surface area (Å²) in [6, 6.07) is 11.2. The molecule has 1 aromatic heterocycles. The second-order valence-corrected chi connectivity index (χ2v) is 7.05. The van der Waals surface area contributed by atoms with Crippen LogP contribution in [0.4, 0.5) is 11.4 Å². The van der Waals surface area contributed by atoms with E-state index in [1.807, 2.05) is 31.2 Å². The fraction of sp³-hybridized carbons (Fsp3) is 0.158. The molecule has 9 heteroatoms. The maximum absolute atomic E-state index is 12.6. The molecule has 2 aromatic carbocycles. The molecular formula is C19H16Cl2N4O3. The largest absolute Gasteiger partial charge is 0.319 e. The number of rotatable bonds is 5. The van der Waals surface area contributed by atoms with E-state index in [4.69, 9.17) is 23.2 Å². The Labute approximate surface area is 171 Å². The summed E-state index contributed by atoms with van der Waals surface area (Å²) in [6.07, 6.45) is 0. The Morgan fingerprint density at radius 3 is 2.46 bits per heavy atom. The lowest BCUT2D eigenvalue weighted by Gasteiger charge is -2.08. The molecule has 0 saturated carbocycles. The van der Waals surface area contributed by atoms with Crippen LogP contribution in [0, 0.1) is 24.0 Å². The zero-order chi connectivity index (χ0) is 20.4. The monoisotopic (exact) mass is 418 g/mol. The van der Waals surface area contributed by atoms with E-state index in [0.717, 1.165) is 17.3 Å². The molecule has 0 radical (unpaired) electrons. The van der Waals surface area contributed by atoms with Gasteiger partial charge in [0.05, 0.1) is 39.1 Å². The number of nitro benzene ring substituents is 1. The fourth-order valence-corrected chi connectivity index (χ4v) is 3.16. The zero-order valence-corrected chi connectivity index (χ0v) is 16.6. The van der Waals surface area contributed by atoms with Crippen LogP contribution in [-0.2, 0) is 6.54 Å². The first kappa shape index (κ1) is 19.9. The molecule has 28 heavy (non-hydrogen) atoms. The number of aromatic nitrogens is 2. The molecule has 0 unspecified atom stereocenters. The summed E-state index contributed by atoms with van der Waals surface area (Å²) in [5.74, 6) is -0.461. The zero-order valence-electron chi connectivity index (χ0n) is 15.1. The van der Waals surface area contributed by atoms with Crippen LogP contribution in [0.2, 0.25) is 10.0 Å². The van der Waals surface area contributed by atoms with Crippen LogP contribution in [-0.4, -0.2) is 20.6 Å². The number of nitrogens with one attached hydrogen (secondary N) is 1. The lowest BCUT2D eigenvalue weighted by atomic mass is 10.2. The van der Waals surface area contributed by atoms with Crippen LogP contribution in [0.3, 0.4) is 0 Å². The fourth-order valence-electron chi connectivity index (χ4n) is 2.78. The van der Waals surface area contributed by atoms with Crippen molar-refractivity contribution in [2.75, 3.05) is 5.32 Å². The van der Waals surface area contributed by atoms with Crippen LogP contribution in [0.5, 0.6) is 0 Å². The summed E-state index contributed by atoms with van der Waals surface area (Å²) in [7, 11) is 0. The summed E-state index contributed by atoms with van der Waals surface area (Å²) < 4.78 is 1.78. The molecule has 0 atom stereocenters. The Hall–Kier alpha value is -2.90. The highest BCUT2D eigenvalue weighted by molar-refractivity contribution is 6.34. The molecule has 1 amide bonds. The Morgan fingerprint density at radius 2 is 1.86 bits per heavy atom. The molecule has 1 heterocycles. The van der Waals surface area contributed by atoms with Crippen molar-refractivity contribution < 1.29 is 9.72 Å². The van der Waals surface area contributed by atoms with Crippen molar-refractivity contribution in [1.29, 1.82) is 0 Å². The van der Waals surface area contributed by atoms with Crippen LogP contribution in [0.25, 0.3) is 0 Å². The number of amides is 1. The van der Waals surface area contributed by atoms with Crippen molar-refractivity contribution in [3.05, 3.63) is 85.1 Å². The Morgan fingerprint density at radius 1 is 1.18 bits per heavy atom. The molecule has 0 bridgehead atoms. The van der Waals surface area contributed by atoms with Crippen molar-refractivity contribution in [1.82, 2.24) is 9.78 Å². The van der Waals surface area contributed by atoms with Gasteiger partial charge in [-0.3, -0.25) is 19.6 Å². The van der Waals surface area contributed by atoms with E-state index >= 15 is 0 Å².